The van der Waals surface area contributed by atoms with Crippen LogP contribution in [0.3, 0.4) is 0 Å². The molecule has 1 N–H and O–H groups in total. The normalized spacial score (nSPS) is 16.9. The fourth-order valence-corrected chi connectivity index (χ4v) is 3.40. The number of para-hydroxylation sites is 2. The maximum atomic E-state index is 14.0. The molecule has 2 aromatic carbocycles. The number of hydrogen-bond donors (Lipinski definition) is 1. The Morgan fingerprint density at radius 1 is 1.15 bits per heavy atom. The van der Waals surface area contributed by atoms with Crippen LogP contribution in [0.5, 0.6) is 0 Å². The Hall–Kier alpha value is -3.22. The van der Waals surface area contributed by atoms with Crippen molar-refractivity contribution in [1.82, 2.24) is 5.32 Å². The molecule has 0 saturated carbocycles. The van der Waals surface area contributed by atoms with Crippen LogP contribution in [0.2, 0.25) is 0 Å². The van der Waals surface area contributed by atoms with Gasteiger partial charge in [0.05, 0.1) is 0 Å². The molecule has 3 aromatic rings. The number of nitrogens with zero attached hydrogens (tertiary/aromatic N) is 1. The van der Waals surface area contributed by atoms with Gasteiger partial charge in [0.15, 0.2) is 5.76 Å². The van der Waals surface area contributed by atoms with E-state index in [1.807, 2.05) is 12.1 Å². The van der Waals surface area contributed by atoms with Crippen molar-refractivity contribution in [3.8, 4) is 0 Å². The van der Waals surface area contributed by atoms with Gasteiger partial charge in [0, 0.05) is 17.5 Å². The van der Waals surface area contributed by atoms with E-state index in [1.165, 1.54) is 6.07 Å². The largest absolute Gasteiger partial charge is 0.451 e. The molecule has 1 fully saturated rings. The molecule has 27 heavy (non-hydrogen) atoms. The quantitative estimate of drug-likeness (QED) is 0.767. The highest BCUT2D eigenvalue weighted by Gasteiger charge is 2.37. The molecule has 7 heteroatoms. The molecule has 1 saturated heterocycles. The summed E-state index contributed by atoms with van der Waals surface area (Å²) in [4.78, 5) is 26.2. The summed E-state index contributed by atoms with van der Waals surface area (Å²) in [5, 5.41) is 3.43. The smallest absolute Gasteiger partial charge is 0.287 e. The van der Waals surface area contributed by atoms with Crippen molar-refractivity contribution >= 4 is 28.5 Å². The minimum atomic E-state index is -0.871. The number of carbonyl (C=O) groups excluding carboxylic acids is 2. The first-order valence-electron chi connectivity index (χ1n) is 8.51. The summed E-state index contributed by atoms with van der Waals surface area (Å²) in [6, 6.07) is 9.78. The average molecular weight is 370 g/mol. The lowest BCUT2D eigenvalue weighted by Crippen LogP contribution is -2.42. The highest BCUT2D eigenvalue weighted by atomic mass is 19.1. The van der Waals surface area contributed by atoms with Crippen molar-refractivity contribution < 1.29 is 22.8 Å². The van der Waals surface area contributed by atoms with Crippen molar-refractivity contribution in [2.75, 3.05) is 11.4 Å². The number of anilines is 1. The molecule has 2 amide bonds. The Kier molecular flexibility index (Phi) is 4.14. The number of benzene rings is 2. The molecule has 0 aliphatic carbocycles. The van der Waals surface area contributed by atoms with Crippen LogP contribution in [-0.4, -0.2) is 24.4 Å². The first-order chi connectivity index (χ1) is 13.0. The molecule has 0 spiro atoms. The number of nitrogens with one attached hydrogen (secondary N) is 1. The molecule has 1 aliphatic rings. The maximum Gasteiger partial charge on any atom is 0.287 e. The Morgan fingerprint density at radius 3 is 2.56 bits per heavy atom. The van der Waals surface area contributed by atoms with Crippen molar-refractivity contribution in [2.45, 2.75) is 19.4 Å². The maximum absolute atomic E-state index is 14.0. The minimum Gasteiger partial charge on any atom is -0.451 e. The van der Waals surface area contributed by atoms with E-state index < -0.39 is 29.5 Å². The van der Waals surface area contributed by atoms with Crippen LogP contribution in [0.25, 0.3) is 11.0 Å². The molecule has 2 heterocycles. The van der Waals surface area contributed by atoms with E-state index in [4.69, 9.17) is 4.42 Å². The molecule has 1 aromatic heterocycles. The predicted octanol–water partition coefficient (Wildman–Crippen LogP) is 3.55. The summed E-state index contributed by atoms with van der Waals surface area (Å²) in [7, 11) is 0. The van der Waals surface area contributed by atoms with Crippen LogP contribution in [0.1, 0.15) is 22.5 Å². The van der Waals surface area contributed by atoms with Gasteiger partial charge < -0.3 is 14.6 Å². The Labute approximate surface area is 153 Å². The van der Waals surface area contributed by atoms with Crippen LogP contribution in [0, 0.1) is 18.6 Å². The van der Waals surface area contributed by atoms with Crippen LogP contribution in [0.15, 0.2) is 46.9 Å². The standard InChI is InChI=1S/C20H16F2N2O3/c1-11-12-5-2-3-8-16(12)27-18(11)19(25)23-15-9-10-24(20(15)26)17-13(21)6-4-7-14(17)22/h2-8,15H,9-10H2,1H3,(H,23,25). The number of carbonyl (C=O) groups is 2. The highest BCUT2D eigenvalue weighted by Crippen LogP contribution is 2.28. The van der Waals surface area contributed by atoms with Gasteiger partial charge >= 0.3 is 0 Å². The molecule has 1 unspecified atom stereocenters. The fourth-order valence-electron chi connectivity index (χ4n) is 3.40. The first-order valence-corrected chi connectivity index (χ1v) is 8.51. The Bertz CT molecular complexity index is 1040. The SMILES string of the molecule is Cc1c(C(=O)NC2CCN(c3c(F)cccc3F)C2=O)oc2ccccc12. The first kappa shape index (κ1) is 17.2. The van der Waals surface area contributed by atoms with Gasteiger partial charge in [0.1, 0.15) is 28.9 Å². The van der Waals surface area contributed by atoms with E-state index in [9.17, 15) is 18.4 Å². The molecule has 5 nitrogen and oxygen atoms in total. The number of fused-ring (bicyclic) bond motifs is 1. The van der Waals surface area contributed by atoms with Gasteiger partial charge in [0.2, 0.25) is 5.91 Å². The van der Waals surface area contributed by atoms with Gasteiger partial charge in [-0.2, -0.15) is 0 Å². The van der Waals surface area contributed by atoms with E-state index in [2.05, 4.69) is 5.32 Å². The van der Waals surface area contributed by atoms with Gasteiger partial charge in [-0.05, 0) is 31.5 Å². The summed E-state index contributed by atoms with van der Waals surface area (Å²) in [6.45, 7) is 1.87. The van der Waals surface area contributed by atoms with Crippen molar-refractivity contribution in [2.24, 2.45) is 0 Å². The van der Waals surface area contributed by atoms with E-state index >= 15 is 0 Å². The van der Waals surface area contributed by atoms with Crippen molar-refractivity contribution in [3.63, 3.8) is 0 Å². The molecule has 4 rings (SSSR count). The van der Waals surface area contributed by atoms with Crippen LogP contribution in [-0.2, 0) is 4.79 Å². The lowest BCUT2D eigenvalue weighted by atomic mass is 10.1. The van der Waals surface area contributed by atoms with E-state index in [0.717, 1.165) is 22.4 Å². The van der Waals surface area contributed by atoms with Crippen LogP contribution < -0.4 is 10.2 Å². The van der Waals surface area contributed by atoms with E-state index in [-0.39, 0.29) is 24.4 Å². The van der Waals surface area contributed by atoms with Crippen LogP contribution in [0.4, 0.5) is 14.5 Å². The Morgan fingerprint density at radius 2 is 1.85 bits per heavy atom. The average Bonchev–Trinajstić information content (AvgIpc) is 3.17. The van der Waals surface area contributed by atoms with Gasteiger partial charge in [-0.1, -0.05) is 24.3 Å². The zero-order valence-electron chi connectivity index (χ0n) is 14.5. The van der Waals surface area contributed by atoms with E-state index in [0.29, 0.717) is 11.1 Å². The van der Waals surface area contributed by atoms with Gasteiger partial charge in [-0.3, -0.25) is 9.59 Å². The molecule has 0 radical (unpaired) electrons. The lowest BCUT2D eigenvalue weighted by Gasteiger charge is -2.18. The number of halogens is 2. The number of aryl methyl sites for hydroxylation is 1. The minimum absolute atomic E-state index is 0.112. The molecular formula is C20H16F2N2O3. The van der Waals surface area contributed by atoms with Crippen LogP contribution >= 0.6 is 0 Å². The van der Waals surface area contributed by atoms with Gasteiger partial charge in [0.25, 0.3) is 5.91 Å². The molecule has 1 aliphatic heterocycles. The summed E-state index contributed by atoms with van der Waals surface area (Å²) in [6.07, 6.45) is 0.248. The fraction of sp³-hybridized carbons (Fsp3) is 0.200. The van der Waals surface area contributed by atoms with E-state index in [1.54, 1.807) is 19.1 Å². The molecular weight excluding hydrogens is 354 g/mol. The number of furan rings is 1. The summed E-state index contributed by atoms with van der Waals surface area (Å²) >= 11 is 0. The zero-order chi connectivity index (χ0) is 19.1. The number of hydrogen-bond acceptors (Lipinski definition) is 3. The second-order valence-corrected chi connectivity index (χ2v) is 6.43. The van der Waals surface area contributed by atoms with Crippen molar-refractivity contribution in [3.05, 3.63) is 65.4 Å². The topological polar surface area (TPSA) is 62.6 Å². The predicted molar refractivity (Wildman–Crippen MR) is 95.5 cm³/mol. The number of rotatable bonds is 3. The molecule has 0 bridgehead atoms. The highest BCUT2D eigenvalue weighted by molar-refractivity contribution is 6.05. The zero-order valence-corrected chi connectivity index (χ0v) is 14.5. The molecule has 1 atom stereocenters. The van der Waals surface area contributed by atoms with Gasteiger partial charge in [-0.15, -0.1) is 0 Å². The lowest BCUT2D eigenvalue weighted by molar-refractivity contribution is -0.118. The third kappa shape index (κ3) is 2.85. The molecule has 138 valence electrons. The monoisotopic (exact) mass is 370 g/mol. The van der Waals surface area contributed by atoms with Crippen molar-refractivity contribution in [1.29, 1.82) is 0 Å². The number of amides is 2. The second kappa shape index (κ2) is 6.50. The second-order valence-electron chi connectivity index (χ2n) is 6.43. The summed E-state index contributed by atoms with van der Waals surface area (Å²) < 4.78 is 33.5. The van der Waals surface area contributed by atoms with Gasteiger partial charge in [-0.25, -0.2) is 8.78 Å². The summed E-state index contributed by atoms with van der Waals surface area (Å²) in [5.74, 6) is -2.59. The third-order valence-electron chi connectivity index (χ3n) is 4.77. The third-order valence-corrected chi connectivity index (χ3v) is 4.77. The Balaban J connectivity index is 1.56. The summed E-state index contributed by atoms with van der Waals surface area (Å²) in [5.41, 5.74) is 0.859.